The van der Waals surface area contributed by atoms with E-state index >= 15 is 0 Å². The summed E-state index contributed by atoms with van der Waals surface area (Å²) in [7, 11) is 1.39. The fourth-order valence-corrected chi connectivity index (χ4v) is 3.00. The van der Waals surface area contributed by atoms with Gasteiger partial charge in [0.2, 0.25) is 0 Å². The molecular formula is C20H21ClN4O2S. The van der Waals surface area contributed by atoms with Crippen molar-refractivity contribution in [3.05, 3.63) is 70.6 Å². The van der Waals surface area contributed by atoms with Crippen molar-refractivity contribution in [1.29, 1.82) is 5.41 Å². The van der Waals surface area contributed by atoms with Crippen LogP contribution in [0.15, 0.2) is 54.7 Å². The first-order valence-corrected chi connectivity index (χ1v) is 8.81. The summed E-state index contributed by atoms with van der Waals surface area (Å²) in [6.07, 6.45) is 2.94. The Morgan fingerprint density at radius 3 is 2.39 bits per heavy atom. The zero-order chi connectivity index (χ0) is 19.4. The van der Waals surface area contributed by atoms with Crippen LogP contribution in [0.3, 0.4) is 0 Å². The van der Waals surface area contributed by atoms with E-state index in [1.54, 1.807) is 0 Å². The molecule has 2 aromatic carbocycles. The fraction of sp³-hybridized carbons (Fsp3) is 0.150. The van der Waals surface area contributed by atoms with E-state index < -0.39 is 0 Å². The van der Waals surface area contributed by atoms with Gasteiger partial charge >= 0.3 is 5.97 Å². The van der Waals surface area contributed by atoms with Crippen LogP contribution in [0, 0.1) is 10.2 Å². The number of amidine groups is 1. The molecule has 1 aromatic heterocycles. The zero-order valence-corrected chi connectivity index (χ0v) is 16.9. The second-order valence-electron chi connectivity index (χ2n) is 6.08. The molecule has 0 saturated heterocycles. The lowest BCUT2D eigenvalue weighted by atomic mass is 10.1. The summed E-state index contributed by atoms with van der Waals surface area (Å²) in [6, 6.07) is 15.3. The lowest BCUT2D eigenvalue weighted by Crippen LogP contribution is -2.10. The number of hydrogen-bond acceptors (Lipinski definition) is 4. The number of imidazole rings is 1. The van der Waals surface area contributed by atoms with E-state index in [-0.39, 0.29) is 24.2 Å². The Balaban J connectivity index is 0.00000280. The lowest BCUT2D eigenvalue weighted by Gasteiger charge is -2.05. The fourth-order valence-electron chi connectivity index (χ4n) is 2.73. The summed E-state index contributed by atoms with van der Waals surface area (Å²) < 4.78 is 7.15. The second-order valence-corrected chi connectivity index (χ2v) is 6.46. The molecule has 146 valence electrons. The molecule has 0 fully saturated rings. The molecule has 6 nitrogen and oxygen atoms in total. The van der Waals surface area contributed by atoms with E-state index in [1.165, 1.54) is 7.11 Å². The SMILES string of the molecule is COC(=O)CCc1ccc(-n2cc(-c3ccc(C(=N)N)cc3)[nH]c2=S)cc1.Cl. The number of esters is 1. The molecule has 0 spiro atoms. The first kappa shape index (κ1) is 21.4. The minimum absolute atomic E-state index is 0. The van der Waals surface area contributed by atoms with Crippen LogP contribution < -0.4 is 5.73 Å². The van der Waals surface area contributed by atoms with Crippen LogP contribution in [0.1, 0.15) is 17.5 Å². The highest BCUT2D eigenvalue weighted by molar-refractivity contribution is 7.71. The number of nitrogens with two attached hydrogens (primary N) is 1. The molecular weight excluding hydrogens is 396 g/mol. The van der Waals surface area contributed by atoms with Crippen LogP contribution in [0.4, 0.5) is 0 Å². The minimum Gasteiger partial charge on any atom is -0.469 e. The van der Waals surface area contributed by atoms with Crippen LogP contribution in [0.5, 0.6) is 0 Å². The summed E-state index contributed by atoms with van der Waals surface area (Å²) in [5, 5.41) is 7.47. The Bertz CT molecular complexity index is 1020. The lowest BCUT2D eigenvalue weighted by molar-refractivity contribution is -0.140. The van der Waals surface area contributed by atoms with Crippen LogP contribution in [-0.2, 0) is 16.0 Å². The van der Waals surface area contributed by atoms with E-state index in [0.717, 1.165) is 22.5 Å². The Morgan fingerprint density at radius 2 is 1.82 bits per heavy atom. The molecule has 8 heteroatoms. The number of halogens is 1. The number of benzene rings is 2. The van der Waals surface area contributed by atoms with Crippen molar-refractivity contribution in [3.63, 3.8) is 0 Å². The molecule has 1 heterocycles. The predicted octanol–water partition coefficient (Wildman–Crippen LogP) is 4.01. The molecule has 4 N–H and O–H groups in total. The molecule has 3 aromatic rings. The van der Waals surface area contributed by atoms with Crippen LogP contribution >= 0.6 is 24.6 Å². The first-order chi connectivity index (χ1) is 13.0. The number of carbonyl (C=O) groups is 1. The molecule has 3 rings (SSSR count). The molecule has 0 bridgehead atoms. The van der Waals surface area contributed by atoms with Crippen LogP contribution in [-0.4, -0.2) is 28.5 Å². The molecule has 28 heavy (non-hydrogen) atoms. The Hall–Kier alpha value is -2.90. The van der Waals surface area contributed by atoms with Crippen LogP contribution in [0.2, 0.25) is 0 Å². The third kappa shape index (κ3) is 4.88. The molecule has 0 unspecified atom stereocenters. The number of aromatic amines is 1. The average molecular weight is 417 g/mol. The number of ether oxygens (including phenoxy) is 1. The third-order valence-corrected chi connectivity index (χ3v) is 4.58. The van der Waals surface area contributed by atoms with Gasteiger partial charge in [0.1, 0.15) is 5.84 Å². The summed E-state index contributed by atoms with van der Waals surface area (Å²) in [5.41, 5.74) is 10.0. The summed E-state index contributed by atoms with van der Waals surface area (Å²) in [4.78, 5) is 14.5. The molecule has 0 saturated carbocycles. The quantitative estimate of drug-likeness (QED) is 0.245. The van der Waals surface area contributed by atoms with Crippen LogP contribution in [0.25, 0.3) is 16.9 Å². The Morgan fingerprint density at radius 1 is 1.18 bits per heavy atom. The summed E-state index contributed by atoms with van der Waals surface area (Å²) >= 11 is 5.45. The van der Waals surface area contributed by atoms with Gasteiger partial charge in [0.25, 0.3) is 0 Å². The molecule has 0 aliphatic carbocycles. The average Bonchev–Trinajstić information content (AvgIpc) is 3.08. The van der Waals surface area contributed by atoms with Gasteiger partial charge in [-0.1, -0.05) is 36.4 Å². The van der Waals surface area contributed by atoms with Gasteiger partial charge in [0.15, 0.2) is 4.77 Å². The topological polar surface area (TPSA) is 96.9 Å². The number of aromatic nitrogens is 2. The number of nitrogens with one attached hydrogen (secondary N) is 2. The highest BCUT2D eigenvalue weighted by Crippen LogP contribution is 2.21. The summed E-state index contributed by atoms with van der Waals surface area (Å²) in [6.45, 7) is 0. The van der Waals surface area contributed by atoms with Gasteiger partial charge in [-0.25, -0.2) is 0 Å². The van der Waals surface area contributed by atoms with Crippen molar-refractivity contribution in [1.82, 2.24) is 9.55 Å². The van der Waals surface area contributed by atoms with E-state index in [9.17, 15) is 4.79 Å². The summed E-state index contributed by atoms with van der Waals surface area (Å²) in [5.74, 6) is -0.174. The zero-order valence-electron chi connectivity index (χ0n) is 15.3. The highest BCUT2D eigenvalue weighted by atomic mass is 35.5. The number of nitrogens with zero attached hydrogens (tertiary/aromatic N) is 1. The maximum atomic E-state index is 11.3. The van der Waals surface area contributed by atoms with Gasteiger partial charge in [0, 0.05) is 23.9 Å². The molecule has 0 amide bonds. The van der Waals surface area contributed by atoms with E-state index in [1.807, 2.05) is 59.3 Å². The first-order valence-electron chi connectivity index (χ1n) is 8.40. The normalized spacial score (nSPS) is 10.2. The van der Waals surface area contributed by atoms with Gasteiger partial charge in [-0.05, 0) is 41.9 Å². The third-order valence-electron chi connectivity index (χ3n) is 4.29. The molecule has 0 radical (unpaired) electrons. The largest absolute Gasteiger partial charge is 0.469 e. The predicted molar refractivity (Wildman–Crippen MR) is 115 cm³/mol. The number of rotatable bonds is 6. The van der Waals surface area contributed by atoms with E-state index in [0.29, 0.717) is 23.2 Å². The minimum atomic E-state index is -0.215. The number of carbonyl (C=O) groups excluding carboxylic acids is 1. The monoisotopic (exact) mass is 416 g/mol. The Kier molecular flexibility index (Phi) is 7.14. The number of nitrogen functional groups attached to an aromatic ring is 1. The van der Waals surface area contributed by atoms with Gasteiger partial charge in [0.05, 0.1) is 12.8 Å². The van der Waals surface area contributed by atoms with Gasteiger partial charge in [-0.3, -0.25) is 14.8 Å². The van der Waals surface area contributed by atoms with Gasteiger partial charge < -0.3 is 15.5 Å². The van der Waals surface area contributed by atoms with Crippen molar-refractivity contribution in [2.45, 2.75) is 12.8 Å². The maximum absolute atomic E-state index is 11.3. The molecule has 0 atom stereocenters. The Labute approximate surface area is 174 Å². The highest BCUT2D eigenvalue weighted by Gasteiger charge is 2.07. The van der Waals surface area contributed by atoms with Gasteiger partial charge in [-0.2, -0.15) is 0 Å². The van der Waals surface area contributed by atoms with Crippen molar-refractivity contribution >= 4 is 36.4 Å². The van der Waals surface area contributed by atoms with Crippen molar-refractivity contribution in [2.24, 2.45) is 5.73 Å². The number of aryl methyl sites for hydroxylation is 1. The second kappa shape index (κ2) is 9.34. The number of H-pyrrole nitrogens is 1. The smallest absolute Gasteiger partial charge is 0.305 e. The van der Waals surface area contributed by atoms with Crippen molar-refractivity contribution < 1.29 is 9.53 Å². The number of methoxy groups -OCH3 is 1. The molecule has 0 aliphatic rings. The van der Waals surface area contributed by atoms with Crippen molar-refractivity contribution in [3.8, 4) is 16.9 Å². The standard InChI is InChI=1S/C20H20N4O2S.ClH/c1-26-18(25)11-4-13-2-9-16(10-3-13)24-12-17(23-20(24)27)14-5-7-15(8-6-14)19(21)22;/h2-3,5-10,12H,4,11H2,1H3,(H3,21,22)(H,23,27);1H. The van der Waals surface area contributed by atoms with Crippen molar-refractivity contribution in [2.75, 3.05) is 7.11 Å². The van der Waals surface area contributed by atoms with E-state index in [4.69, 9.17) is 23.4 Å². The number of hydrogen-bond donors (Lipinski definition) is 3. The molecule has 0 aliphatic heterocycles. The van der Waals surface area contributed by atoms with Gasteiger partial charge in [-0.15, -0.1) is 12.4 Å². The van der Waals surface area contributed by atoms with E-state index in [2.05, 4.69) is 9.72 Å². The maximum Gasteiger partial charge on any atom is 0.305 e.